The first-order chi connectivity index (χ1) is 11.2. The summed E-state index contributed by atoms with van der Waals surface area (Å²) in [6, 6.07) is 13.1. The highest BCUT2D eigenvalue weighted by Crippen LogP contribution is 2.22. The van der Waals surface area contributed by atoms with E-state index >= 15 is 0 Å². The van der Waals surface area contributed by atoms with Crippen LogP contribution in [0.3, 0.4) is 0 Å². The van der Waals surface area contributed by atoms with E-state index in [4.69, 9.17) is 9.84 Å². The molecule has 2 aromatic rings. The van der Waals surface area contributed by atoms with E-state index in [-0.39, 0.29) is 18.5 Å². The van der Waals surface area contributed by atoms with Crippen LogP contribution >= 0.6 is 0 Å². The van der Waals surface area contributed by atoms with E-state index < -0.39 is 0 Å². The van der Waals surface area contributed by atoms with Gasteiger partial charge in [0.15, 0.2) is 0 Å². The quantitative estimate of drug-likeness (QED) is 0.774. The van der Waals surface area contributed by atoms with E-state index in [2.05, 4.69) is 24.4 Å². The SMILES string of the molecule is CCCC(NCc1ccc(F)c(CO)c1)c1ccc(OC)cc1. The van der Waals surface area contributed by atoms with Gasteiger partial charge in [-0.25, -0.2) is 4.39 Å². The van der Waals surface area contributed by atoms with E-state index in [1.54, 1.807) is 19.2 Å². The van der Waals surface area contributed by atoms with Crippen molar-refractivity contribution in [3.05, 3.63) is 65.0 Å². The van der Waals surface area contributed by atoms with Crippen molar-refractivity contribution in [2.45, 2.75) is 39.0 Å². The Morgan fingerprint density at radius 2 is 1.91 bits per heavy atom. The molecule has 2 aromatic carbocycles. The van der Waals surface area contributed by atoms with Crippen molar-refractivity contribution in [2.75, 3.05) is 7.11 Å². The smallest absolute Gasteiger partial charge is 0.128 e. The van der Waals surface area contributed by atoms with Crippen LogP contribution in [0.2, 0.25) is 0 Å². The molecule has 23 heavy (non-hydrogen) atoms. The highest BCUT2D eigenvalue weighted by Gasteiger charge is 2.11. The summed E-state index contributed by atoms with van der Waals surface area (Å²) in [7, 11) is 1.66. The van der Waals surface area contributed by atoms with Crippen molar-refractivity contribution in [1.82, 2.24) is 5.32 Å². The first-order valence-electron chi connectivity index (χ1n) is 7.93. The number of methoxy groups -OCH3 is 1. The predicted molar refractivity (Wildman–Crippen MR) is 89.8 cm³/mol. The number of nitrogens with one attached hydrogen (secondary N) is 1. The zero-order valence-corrected chi connectivity index (χ0v) is 13.7. The Bertz CT molecular complexity index is 613. The van der Waals surface area contributed by atoms with E-state index in [0.717, 1.165) is 24.2 Å². The van der Waals surface area contributed by atoms with Crippen molar-refractivity contribution in [3.8, 4) is 5.75 Å². The molecule has 0 saturated heterocycles. The van der Waals surface area contributed by atoms with Gasteiger partial charge in [-0.2, -0.15) is 0 Å². The fourth-order valence-corrected chi connectivity index (χ4v) is 2.61. The van der Waals surface area contributed by atoms with E-state index in [9.17, 15) is 4.39 Å². The first kappa shape index (κ1) is 17.4. The van der Waals surface area contributed by atoms with Crippen LogP contribution < -0.4 is 10.1 Å². The van der Waals surface area contributed by atoms with Crippen LogP contribution in [0.4, 0.5) is 4.39 Å². The molecule has 0 radical (unpaired) electrons. The van der Waals surface area contributed by atoms with Gasteiger partial charge in [0.1, 0.15) is 11.6 Å². The van der Waals surface area contributed by atoms with Gasteiger partial charge >= 0.3 is 0 Å². The molecule has 124 valence electrons. The number of benzene rings is 2. The lowest BCUT2D eigenvalue weighted by Crippen LogP contribution is -2.21. The predicted octanol–water partition coefficient (Wildman–Crippen LogP) is 3.96. The maximum atomic E-state index is 13.4. The van der Waals surface area contributed by atoms with E-state index in [1.807, 2.05) is 12.1 Å². The van der Waals surface area contributed by atoms with Crippen molar-refractivity contribution in [1.29, 1.82) is 0 Å². The van der Waals surface area contributed by atoms with E-state index in [0.29, 0.717) is 12.1 Å². The fourth-order valence-electron chi connectivity index (χ4n) is 2.61. The Kier molecular flexibility index (Phi) is 6.56. The first-order valence-corrected chi connectivity index (χ1v) is 7.93. The topological polar surface area (TPSA) is 41.5 Å². The van der Waals surface area contributed by atoms with Crippen LogP contribution in [-0.4, -0.2) is 12.2 Å². The van der Waals surface area contributed by atoms with Gasteiger partial charge in [-0.15, -0.1) is 0 Å². The molecule has 3 nitrogen and oxygen atoms in total. The van der Waals surface area contributed by atoms with Gasteiger partial charge in [-0.3, -0.25) is 0 Å². The molecule has 1 atom stereocenters. The highest BCUT2D eigenvalue weighted by molar-refractivity contribution is 5.29. The third-order valence-corrected chi connectivity index (χ3v) is 3.93. The average molecular weight is 317 g/mol. The zero-order valence-electron chi connectivity index (χ0n) is 13.7. The minimum atomic E-state index is -0.364. The maximum absolute atomic E-state index is 13.4. The van der Waals surface area contributed by atoms with Gasteiger partial charge in [0, 0.05) is 18.2 Å². The molecule has 0 fully saturated rings. The fraction of sp³-hybridized carbons (Fsp3) is 0.368. The van der Waals surface area contributed by atoms with Crippen LogP contribution in [0.1, 0.15) is 42.5 Å². The molecule has 4 heteroatoms. The van der Waals surface area contributed by atoms with Gasteiger partial charge in [-0.05, 0) is 41.8 Å². The number of aliphatic hydroxyl groups excluding tert-OH is 1. The van der Waals surface area contributed by atoms with Crippen LogP contribution in [0.5, 0.6) is 5.75 Å². The largest absolute Gasteiger partial charge is 0.497 e. The molecule has 0 heterocycles. The van der Waals surface area contributed by atoms with Crippen molar-refractivity contribution in [3.63, 3.8) is 0 Å². The Balaban J connectivity index is 2.06. The van der Waals surface area contributed by atoms with Gasteiger partial charge < -0.3 is 15.2 Å². The molecule has 0 bridgehead atoms. The zero-order chi connectivity index (χ0) is 16.7. The Morgan fingerprint density at radius 3 is 2.52 bits per heavy atom. The molecule has 0 aromatic heterocycles. The van der Waals surface area contributed by atoms with Crippen molar-refractivity contribution in [2.24, 2.45) is 0 Å². The lowest BCUT2D eigenvalue weighted by Gasteiger charge is -2.19. The second-order valence-electron chi connectivity index (χ2n) is 5.58. The van der Waals surface area contributed by atoms with Crippen LogP contribution in [0.25, 0.3) is 0 Å². The molecule has 0 spiro atoms. The molecule has 0 amide bonds. The minimum Gasteiger partial charge on any atom is -0.497 e. The van der Waals surface area contributed by atoms with Gasteiger partial charge in [0.2, 0.25) is 0 Å². The molecule has 0 saturated carbocycles. The summed E-state index contributed by atoms with van der Waals surface area (Å²) >= 11 is 0. The summed E-state index contributed by atoms with van der Waals surface area (Å²) in [6.07, 6.45) is 2.08. The van der Waals surface area contributed by atoms with Gasteiger partial charge in [0.05, 0.1) is 13.7 Å². The lowest BCUT2D eigenvalue weighted by molar-refractivity contribution is 0.275. The highest BCUT2D eigenvalue weighted by atomic mass is 19.1. The third kappa shape index (κ3) is 4.78. The molecular weight excluding hydrogens is 293 g/mol. The Hall–Kier alpha value is -1.91. The lowest BCUT2D eigenvalue weighted by atomic mass is 10.0. The number of hydrogen-bond acceptors (Lipinski definition) is 3. The number of ether oxygens (including phenoxy) is 1. The maximum Gasteiger partial charge on any atom is 0.128 e. The normalized spacial score (nSPS) is 12.2. The molecule has 0 aliphatic carbocycles. The number of hydrogen-bond donors (Lipinski definition) is 2. The molecule has 2 rings (SSSR count). The summed E-state index contributed by atoms with van der Waals surface area (Å²) in [5.74, 6) is 0.478. The molecule has 0 aliphatic rings. The average Bonchev–Trinajstić information content (AvgIpc) is 2.60. The van der Waals surface area contributed by atoms with Gasteiger partial charge in [0.25, 0.3) is 0 Å². The summed E-state index contributed by atoms with van der Waals surface area (Å²) in [5, 5.41) is 12.7. The van der Waals surface area contributed by atoms with Crippen molar-refractivity contribution < 1.29 is 14.2 Å². The number of halogens is 1. The Labute approximate surface area is 137 Å². The number of aliphatic hydroxyl groups is 1. The Morgan fingerprint density at radius 1 is 1.17 bits per heavy atom. The molecule has 1 unspecified atom stereocenters. The van der Waals surface area contributed by atoms with E-state index in [1.165, 1.54) is 11.6 Å². The summed E-state index contributed by atoms with van der Waals surface area (Å²) in [4.78, 5) is 0. The molecular formula is C19H24FNO2. The standard InChI is InChI=1S/C19H24FNO2/c1-3-4-19(15-6-8-17(23-2)9-7-15)21-12-14-5-10-18(20)16(11-14)13-22/h5-11,19,21-22H,3-4,12-13H2,1-2H3. The van der Waals surface area contributed by atoms with Gasteiger partial charge in [-0.1, -0.05) is 31.5 Å². The summed E-state index contributed by atoms with van der Waals surface area (Å²) in [6.45, 7) is 2.50. The monoisotopic (exact) mass is 317 g/mol. The third-order valence-electron chi connectivity index (χ3n) is 3.93. The molecule has 0 aliphatic heterocycles. The second kappa shape index (κ2) is 8.65. The second-order valence-corrected chi connectivity index (χ2v) is 5.58. The van der Waals surface area contributed by atoms with Crippen molar-refractivity contribution >= 4 is 0 Å². The summed E-state index contributed by atoms with van der Waals surface area (Å²) in [5.41, 5.74) is 2.50. The molecule has 2 N–H and O–H groups in total. The summed E-state index contributed by atoms with van der Waals surface area (Å²) < 4.78 is 18.6. The minimum absolute atomic E-state index is 0.230. The van der Waals surface area contributed by atoms with Crippen LogP contribution in [0.15, 0.2) is 42.5 Å². The number of rotatable bonds is 8. The van der Waals surface area contributed by atoms with Crippen LogP contribution in [-0.2, 0) is 13.2 Å². The van der Waals surface area contributed by atoms with Crippen LogP contribution in [0, 0.1) is 5.82 Å².